The molecule has 0 rings (SSSR count). The molecule has 0 aromatic carbocycles. The van der Waals surface area contributed by atoms with Crippen molar-refractivity contribution in [2.45, 2.75) is 64.6 Å². The van der Waals surface area contributed by atoms with Crippen LogP contribution in [-0.4, -0.2) is 17.7 Å². The van der Waals surface area contributed by atoms with Crippen molar-refractivity contribution in [1.29, 1.82) is 0 Å². The SMILES string of the molecule is CC(C)(C)OC(=O)CCCCCC(N)N. The Balaban J connectivity index is 3.40. The molecule has 0 bridgehead atoms. The molecule has 0 heterocycles. The molecule has 4 nitrogen and oxygen atoms in total. The van der Waals surface area contributed by atoms with Crippen LogP contribution in [0.5, 0.6) is 0 Å². The number of hydrogen-bond donors (Lipinski definition) is 2. The van der Waals surface area contributed by atoms with Crippen LogP contribution in [0, 0.1) is 0 Å². The van der Waals surface area contributed by atoms with Crippen LogP contribution in [-0.2, 0) is 9.53 Å². The lowest BCUT2D eigenvalue weighted by Crippen LogP contribution is -2.29. The molecule has 4 N–H and O–H groups in total. The summed E-state index contributed by atoms with van der Waals surface area (Å²) in [6.45, 7) is 5.62. The van der Waals surface area contributed by atoms with E-state index < -0.39 is 0 Å². The number of carbonyl (C=O) groups is 1. The van der Waals surface area contributed by atoms with Crippen LogP contribution in [0.2, 0.25) is 0 Å². The molecule has 0 unspecified atom stereocenters. The van der Waals surface area contributed by atoms with Crippen molar-refractivity contribution in [1.82, 2.24) is 0 Å². The van der Waals surface area contributed by atoms with E-state index in [1.807, 2.05) is 20.8 Å². The molecule has 0 amide bonds. The highest BCUT2D eigenvalue weighted by Crippen LogP contribution is 2.11. The Morgan fingerprint density at radius 2 is 1.80 bits per heavy atom. The standard InChI is InChI=1S/C11H24N2O2/c1-11(2,3)15-10(14)8-6-4-5-7-9(12)13/h9H,4-8,12-13H2,1-3H3. The summed E-state index contributed by atoms with van der Waals surface area (Å²) in [5.41, 5.74) is 10.4. The molecule has 0 spiro atoms. The molecule has 0 aromatic rings. The Labute approximate surface area is 92.3 Å². The van der Waals surface area contributed by atoms with Crippen LogP contribution < -0.4 is 11.5 Å². The van der Waals surface area contributed by atoms with Gasteiger partial charge < -0.3 is 16.2 Å². The Hall–Kier alpha value is -0.610. The maximum Gasteiger partial charge on any atom is 0.306 e. The molecule has 0 saturated heterocycles. The van der Waals surface area contributed by atoms with Crippen molar-refractivity contribution in [3.63, 3.8) is 0 Å². The summed E-state index contributed by atoms with van der Waals surface area (Å²) in [4.78, 5) is 11.3. The van der Waals surface area contributed by atoms with Gasteiger partial charge in [-0.2, -0.15) is 0 Å². The highest BCUT2D eigenvalue weighted by atomic mass is 16.6. The van der Waals surface area contributed by atoms with Crippen molar-refractivity contribution in [3.8, 4) is 0 Å². The molecule has 0 radical (unpaired) electrons. The van der Waals surface area contributed by atoms with Gasteiger partial charge in [-0.1, -0.05) is 12.8 Å². The normalized spacial score (nSPS) is 11.9. The van der Waals surface area contributed by atoms with Crippen LogP contribution in [0.25, 0.3) is 0 Å². The van der Waals surface area contributed by atoms with E-state index in [4.69, 9.17) is 16.2 Å². The summed E-state index contributed by atoms with van der Waals surface area (Å²) >= 11 is 0. The maximum atomic E-state index is 11.3. The average molecular weight is 216 g/mol. The number of carbonyl (C=O) groups excluding carboxylic acids is 1. The topological polar surface area (TPSA) is 78.3 Å². The van der Waals surface area contributed by atoms with E-state index >= 15 is 0 Å². The Kier molecular flexibility index (Phi) is 6.52. The third kappa shape index (κ3) is 11.3. The molecule has 4 heteroatoms. The van der Waals surface area contributed by atoms with Gasteiger partial charge in [0, 0.05) is 6.42 Å². The van der Waals surface area contributed by atoms with Crippen LogP contribution >= 0.6 is 0 Å². The van der Waals surface area contributed by atoms with Gasteiger partial charge >= 0.3 is 5.97 Å². The number of unbranched alkanes of at least 4 members (excludes halogenated alkanes) is 2. The van der Waals surface area contributed by atoms with E-state index in [-0.39, 0.29) is 17.7 Å². The number of nitrogens with two attached hydrogens (primary N) is 2. The fourth-order valence-corrected chi connectivity index (χ4v) is 1.22. The summed E-state index contributed by atoms with van der Waals surface area (Å²) in [6.07, 6.45) is 3.86. The summed E-state index contributed by atoms with van der Waals surface area (Å²) in [5.74, 6) is -0.125. The zero-order valence-electron chi connectivity index (χ0n) is 10.1. The van der Waals surface area contributed by atoms with Gasteiger partial charge in [0.25, 0.3) is 0 Å². The van der Waals surface area contributed by atoms with Crippen LogP contribution in [0.4, 0.5) is 0 Å². The van der Waals surface area contributed by atoms with Crippen LogP contribution in [0.1, 0.15) is 52.9 Å². The first-order chi connectivity index (χ1) is 6.81. The minimum absolute atomic E-state index is 0.125. The van der Waals surface area contributed by atoms with Crippen LogP contribution in [0.3, 0.4) is 0 Å². The minimum Gasteiger partial charge on any atom is -0.460 e. The molecule has 0 saturated carbocycles. The highest BCUT2D eigenvalue weighted by Gasteiger charge is 2.15. The second-order valence-electron chi connectivity index (χ2n) is 4.85. The Morgan fingerprint density at radius 3 is 2.27 bits per heavy atom. The van der Waals surface area contributed by atoms with Crippen LogP contribution in [0.15, 0.2) is 0 Å². The predicted molar refractivity (Wildman–Crippen MR) is 61.1 cm³/mol. The first-order valence-corrected chi connectivity index (χ1v) is 5.54. The van der Waals surface area contributed by atoms with Gasteiger partial charge in [-0.25, -0.2) is 0 Å². The van der Waals surface area contributed by atoms with E-state index in [0.717, 1.165) is 25.7 Å². The van der Waals surface area contributed by atoms with E-state index in [2.05, 4.69) is 0 Å². The third-order valence-electron chi connectivity index (χ3n) is 1.84. The molecule has 0 atom stereocenters. The van der Waals surface area contributed by atoms with Gasteiger partial charge in [0.2, 0.25) is 0 Å². The Bertz CT molecular complexity index is 186. The molecule has 0 aromatic heterocycles. The first-order valence-electron chi connectivity index (χ1n) is 5.54. The van der Waals surface area contributed by atoms with E-state index in [0.29, 0.717) is 6.42 Å². The van der Waals surface area contributed by atoms with E-state index in [1.165, 1.54) is 0 Å². The van der Waals surface area contributed by atoms with E-state index in [9.17, 15) is 4.79 Å². The summed E-state index contributed by atoms with van der Waals surface area (Å²) in [7, 11) is 0. The fourth-order valence-electron chi connectivity index (χ4n) is 1.22. The average Bonchev–Trinajstić information content (AvgIpc) is 1.99. The fraction of sp³-hybridized carbons (Fsp3) is 0.909. The molecule has 15 heavy (non-hydrogen) atoms. The van der Waals surface area contributed by atoms with Crippen molar-refractivity contribution in [2.24, 2.45) is 11.5 Å². The van der Waals surface area contributed by atoms with Crippen molar-refractivity contribution < 1.29 is 9.53 Å². The number of ether oxygens (including phenoxy) is 1. The lowest BCUT2D eigenvalue weighted by molar-refractivity contribution is -0.154. The number of rotatable bonds is 6. The number of hydrogen-bond acceptors (Lipinski definition) is 4. The molecule has 90 valence electrons. The van der Waals surface area contributed by atoms with Gasteiger partial charge in [0.15, 0.2) is 0 Å². The molecular formula is C11H24N2O2. The number of esters is 1. The second kappa shape index (κ2) is 6.80. The smallest absolute Gasteiger partial charge is 0.306 e. The van der Waals surface area contributed by atoms with Crippen molar-refractivity contribution in [2.75, 3.05) is 0 Å². The largest absolute Gasteiger partial charge is 0.460 e. The van der Waals surface area contributed by atoms with Gasteiger partial charge in [-0.05, 0) is 33.6 Å². The van der Waals surface area contributed by atoms with Gasteiger partial charge in [-0.15, -0.1) is 0 Å². The third-order valence-corrected chi connectivity index (χ3v) is 1.84. The zero-order chi connectivity index (χ0) is 11.9. The summed E-state index contributed by atoms with van der Waals surface area (Å²) in [6, 6.07) is 0. The molecular weight excluding hydrogens is 192 g/mol. The first kappa shape index (κ1) is 14.4. The van der Waals surface area contributed by atoms with Gasteiger partial charge in [0.05, 0.1) is 6.17 Å². The monoisotopic (exact) mass is 216 g/mol. The summed E-state index contributed by atoms with van der Waals surface area (Å²) < 4.78 is 5.18. The zero-order valence-corrected chi connectivity index (χ0v) is 10.1. The van der Waals surface area contributed by atoms with Crippen molar-refractivity contribution >= 4 is 5.97 Å². The second-order valence-corrected chi connectivity index (χ2v) is 4.85. The quantitative estimate of drug-likeness (QED) is 0.401. The van der Waals surface area contributed by atoms with E-state index in [1.54, 1.807) is 0 Å². The molecule has 0 fully saturated rings. The summed E-state index contributed by atoms with van der Waals surface area (Å²) in [5, 5.41) is 0. The predicted octanol–water partition coefficient (Wildman–Crippen LogP) is 1.52. The Morgan fingerprint density at radius 1 is 1.20 bits per heavy atom. The molecule has 0 aliphatic carbocycles. The molecule has 0 aliphatic rings. The minimum atomic E-state index is -0.378. The van der Waals surface area contributed by atoms with Gasteiger partial charge in [0.1, 0.15) is 5.60 Å². The lowest BCUT2D eigenvalue weighted by atomic mass is 10.1. The highest BCUT2D eigenvalue weighted by molar-refractivity contribution is 5.69. The molecule has 0 aliphatic heterocycles. The van der Waals surface area contributed by atoms with Gasteiger partial charge in [-0.3, -0.25) is 4.79 Å². The lowest BCUT2D eigenvalue weighted by Gasteiger charge is -2.19. The maximum absolute atomic E-state index is 11.3. The van der Waals surface area contributed by atoms with Crippen molar-refractivity contribution in [3.05, 3.63) is 0 Å².